The van der Waals surface area contributed by atoms with Crippen molar-refractivity contribution in [1.29, 1.82) is 0 Å². The Hall–Kier alpha value is -3.07. The number of hydrogen-bond acceptors (Lipinski definition) is 6. The van der Waals surface area contributed by atoms with Gasteiger partial charge in [-0.1, -0.05) is 13.8 Å². The predicted octanol–water partition coefficient (Wildman–Crippen LogP) is 4.41. The number of carbonyl (C=O) groups is 2. The maximum atomic E-state index is 13.9. The van der Waals surface area contributed by atoms with E-state index in [9.17, 15) is 14.0 Å². The minimum Gasteiger partial charge on any atom is -0.489 e. The monoisotopic (exact) mass is 527 g/mol. The first-order valence-corrected chi connectivity index (χ1v) is 14.0. The second-order valence-electron chi connectivity index (χ2n) is 9.56. The maximum absolute atomic E-state index is 13.9. The lowest BCUT2D eigenvalue weighted by atomic mass is 9.94. The van der Waals surface area contributed by atoms with Gasteiger partial charge in [0, 0.05) is 57.7 Å². The molecule has 0 atom stereocenters. The number of hydrogen-bond donors (Lipinski definition) is 0. The standard InChI is InChI=1S/C27H36FN5O3.C2H6/c1-3-32(4-2)27(35)24-17-22(28)5-6-25(24)36-23-10-15-33(16-11-23)26(34)21-8-13-31(14-9-21)19-20-7-12-29-30-18-20;1-2/h5-7,12,17-18,21,23H,3-4,8-11,13-16,19H2,1-2H3;1-2H3. The predicted molar refractivity (Wildman–Crippen MR) is 145 cm³/mol. The summed E-state index contributed by atoms with van der Waals surface area (Å²) in [7, 11) is 0. The first-order valence-electron chi connectivity index (χ1n) is 14.0. The van der Waals surface area contributed by atoms with E-state index in [1.54, 1.807) is 23.4 Å². The molecule has 38 heavy (non-hydrogen) atoms. The highest BCUT2D eigenvalue weighted by atomic mass is 19.1. The Balaban J connectivity index is 0.00000195. The fraction of sp³-hybridized carbons (Fsp3) is 0.586. The van der Waals surface area contributed by atoms with Gasteiger partial charge in [0.05, 0.1) is 11.8 Å². The number of nitrogens with zero attached hydrogens (tertiary/aromatic N) is 5. The van der Waals surface area contributed by atoms with Crippen molar-refractivity contribution in [1.82, 2.24) is 24.9 Å². The van der Waals surface area contributed by atoms with Crippen LogP contribution in [-0.2, 0) is 11.3 Å². The Bertz CT molecular complexity index is 1020. The van der Waals surface area contributed by atoms with Gasteiger partial charge in [-0.15, -0.1) is 0 Å². The highest BCUT2D eigenvalue weighted by Gasteiger charge is 2.32. The molecule has 1 aromatic carbocycles. The first-order chi connectivity index (χ1) is 18.5. The van der Waals surface area contributed by atoms with E-state index in [2.05, 4.69) is 15.1 Å². The Morgan fingerprint density at radius 2 is 1.68 bits per heavy atom. The Morgan fingerprint density at radius 3 is 2.29 bits per heavy atom. The van der Waals surface area contributed by atoms with Gasteiger partial charge in [-0.05, 0) is 69.6 Å². The number of piperidine rings is 2. The van der Waals surface area contributed by atoms with Crippen LogP contribution < -0.4 is 4.74 Å². The van der Waals surface area contributed by atoms with Crippen LogP contribution in [0.5, 0.6) is 5.75 Å². The van der Waals surface area contributed by atoms with Crippen LogP contribution in [0, 0.1) is 11.7 Å². The van der Waals surface area contributed by atoms with E-state index in [0.29, 0.717) is 44.8 Å². The van der Waals surface area contributed by atoms with Gasteiger partial charge in [-0.2, -0.15) is 10.2 Å². The van der Waals surface area contributed by atoms with Crippen molar-refractivity contribution in [2.24, 2.45) is 5.92 Å². The van der Waals surface area contributed by atoms with Gasteiger partial charge in [0.1, 0.15) is 17.7 Å². The molecule has 0 saturated carbocycles. The van der Waals surface area contributed by atoms with Crippen LogP contribution in [0.2, 0.25) is 0 Å². The van der Waals surface area contributed by atoms with E-state index in [4.69, 9.17) is 4.74 Å². The summed E-state index contributed by atoms with van der Waals surface area (Å²) in [5.41, 5.74) is 1.39. The lowest BCUT2D eigenvalue weighted by Crippen LogP contribution is -2.47. The molecule has 0 N–H and O–H groups in total. The second kappa shape index (κ2) is 14.8. The molecule has 9 heteroatoms. The molecule has 2 aliphatic heterocycles. The lowest BCUT2D eigenvalue weighted by molar-refractivity contribution is -0.139. The van der Waals surface area contributed by atoms with Gasteiger partial charge in [0.2, 0.25) is 5.91 Å². The molecule has 2 saturated heterocycles. The Kier molecular flexibility index (Phi) is 11.5. The van der Waals surface area contributed by atoms with Gasteiger partial charge in [0.15, 0.2) is 0 Å². The zero-order valence-electron chi connectivity index (χ0n) is 23.2. The summed E-state index contributed by atoms with van der Waals surface area (Å²) in [5.74, 6) is 0.0211. The summed E-state index contributed by atoms with van der Waals surface area (Å²) < 4.78 is 20.1. The zero-order chi connectivity index (χ0) is 27.5. The third-order valence-corrected chi connectivity index (χ3v) is 7.26. The maximum Gasteiger partial charge on any atom is 0.257 e. The van der Waals surface area contributed by atoms with Crippen molar-refractivity contribution in [3.63, 3.8) is 0 Å². The van der Waals surface area contributed by atoms with Crippen LogP contribution in [0.3, 0.4) is 0 Å². The van der Waals surface area contributed by atoms with Crippen molar-refractivity contribution in [2.75, 3.05) is 39.3 Å². The summed E-state index contributed by atoms with van der Waals surface area (Å²) in [6.45, 7) is 12.8. The van der Waals surface area contributed by atoms with Crippen LogP contribution in [0.25, 0.3) is 0 Å². The molecule has 0 spiro atoms. The summed E-state index contributed by atoms with van der Waals surface area (Å²) in [6, 6.07) is 6.10. The third kappa shape index (κ3) is 7.72. The van der Waals surface area contributed by atoms with Gasteiger partial charge < -0.3 is 14.5 Å². The smallest absolute Gasteiger partial charge is 0.257 e. The van der Waals surface area contributed by atoms with Crippen molar-refractivity contribution < 1.29 is 18.7 Å². The van der Waals surface area contributed by atoms with Crippen LogP contribution in [-0.4, -0.2) is 82.1 Å². The number of amides is 2. The number of rotatable bonds is 8. The number of halogens is 1. The molecule has 2 amide bonds. The molecule has 3 heterocycles. The quantitative estimate of drug-likeness (QED) is 0.506. The topological polar surface area (TPSA) is 78.9 Å². The van der Waals surface area contributed by atoms with E-state index in [0.717, 1.165) is 38.0 Å². The van der Waals surface area contributed by atoms with Gasteiger partial charge in [0.25, 0.3) is 5.91 Å². The average Bonchev–Trinajstić information content (AvgIpc) is 2.96. The molecule has 1 aromatic heterocycles. The van der Waals surface area contributed by atoms with Gasteiger partial charge in [-0.3, -0.25) is 14.5 Å². The fourth-order valence-corrected chi connectivity index (χ4v) is 5.09. The molecule has 0 aliphatic carbocycles. The summed E-state index contributed by atoms with van der Waals surface area (Å²) in [4.78, 5) is 32.0. The minimum atomic E-state index is -0.457. The molecular weight excluding hydrogens is 485 g/mol. The molecule has 0 unspecified atom stereocenters. The third-order valence-electron chi connectivity index (χ3n) is 7.26. The molecule has 0 bridgehead atoms. The molecule has 8 nitrogen and oxygen atoms in total. The molecular formula is C29H42FN5O3. The SMILES string of the molecule is CC.CCN(CC)C(=O)c1cc(F)ccc1OC1CCN(C(=O)C2CCN(Cc3ccnnc3)CC2)CC1. The zero-order valence-corrected chi connectivity index (χ0v) is 23.2. The van der Waals surface area contributed by atoms with Crippen LogP contribution in [0.4, 0.5) is 4.39 Å². The van der Waals surface area contributed by atoms with Crippen molar-refractivity contribution in [3.05, 3.63) is 53.6 Å². The largest absolute Gasteiger partial charge is 0.489 e. The summed E-state index contributed by atoms with van der Waals surface area (Å²) >= 11 is 0. The molecule has 0 radical (unpaired) electrons. The lowest BCUT2D eigenvalue weighted by Gasteiger charge is -2.37. The molecule has 208 valence electrons. The minimum absolute atomic E-state index is 0.0599. The summed E-state index contributed by atoms with van der Waals surface area (Å²) in [6.07, 6.45) is 6.49. The van der Waals surface area contributed by atoms with E-state index in [1.807, 2.05) is 38.7 Å². The number of likely N-dealkylation sites (tertiary alicyclic amines) is 2. The normalized spacial score (nSPS) is 16.9. The number of carbonyl (C=O) groups excluding carboxylic acids is 2. The van der Waals surface area contributed by atoms with Crippen LogP contribution in [0.1, 0.15) is 69.3 Å². The van der Waals surface area contributed by atoms with Gasteiger partial charge >= 0.3 is 0 Å². The molecule has 2 fully saturated rings. The second-order valence-corrected chi connectivity index (χ2v) is 9.56. The van der Waals surface area contributed by atoms with E-state index < -0.39 is 5.82 Å². The van der Waals surface area contributed by atoms with Gasteiger partial charge in [-0.25, -0.2) is 4.39 Å². The van der Waals surface area contributed by atoms with Crippen LogP contribution in [0.15, 0.2) is 36.7 Å². The van der Waals surface area contributed by atoms with Crippen molar-refractivity contribution >= 4 is 11.8 Å². The number of aromatic nitrogens is 2. The summed E-state index contributed by atoms with van der Waals surface area (Å²) in [5, 5.41) is 7.76. The molecule has 2 aliphatic rings. The molecule has 2 aromatic rings. The number of ether oxygens (including phenoxy) is 1. The Morgan fingerprint density at radius 1 is 1.00 bits per heavy atom. The number of benzene rings is 1. The van der Waals surface area contributed by atoms with Crippen molar-refractivity contribution in [2.45, 2.75) is 66.0 Å². The van der Waals surface area contributed by atoms with Crippen molar-refractivity contribution in [3.8, 4) is 5.75 Å². The van der Waals surface area contributed by atoms with E-state index in [1.165, 1.54) is 12.1 Å². The average molecular weight is 528 g/mol. The molecule has 4 rings (SSSR count). The first kappa shape index (κ1) is 29.5. The Labute approximate surface area is 226 Å². The fourth-order valence-electron chi connectivity index (χ4n) is 5.09. The van der Waals surface area contributed by atoms with E-state index >= 15 is 0 Å². The van der Waals surface area contributed by atoms with Crippen LogP contribution >= 0.6 is 0 Å². The highest BCUT2D eigenvalue weighted by molar-refractivity contribution is 5.97. The highest BCUT2D eigenvalue weighted by Crippen LogP contribution is 2.27. The van der Waals surface area contributed by atoms with E-state index in [-0.39, 0.29) is 29.4 Å².